The van der Waals surface area contributed by atoms with E-state index in [1.165, 1.54) is 11.3 Å². The van der Waals surface area contributed by atoms with Gasteiger partial charge >= 0.3 is 0 Å². The molecular formula is C22H31N3O. The second-order valence-electron chi connectivity index (χ2n) is 8.02. The Morgan fingerprint density at radius 1 is 1.00 bits per heavy atom. The van der Waals surface area contributed by atoms with Gasteiger partial charge in [0.05, 0.1) is 18.5 Å². The van der Waals surface area contributed by atoms with Gasteiger partial charge in [-0.15, -0.1) is 0 Å². The molecule has 1 saturated heterocycles. The van der Waals surface area contributed by atoms with Crippen molar-refractivity contribution in [2.24, 2.45) is 0 Å². The third kappa shape index (κ3) is 5.21. The number of hydrogen-bond donors (Lipinski definition) is 0. The van der Waals surface area contributed by atoms with E-state index in [0.29, 0.717) is 0 Å². The van der Waals surface area contributed by atoms with Crippen LogP contribution in [0.4, 0.5) is 5.69 Å². The van der Waals surface area contributed by atoms with Crippen LogP contribution in [-0.2, 0) is 5.41 Å². The standard InChI is InChI=1S/C22H31N3O/c1-22(2,3)19-7-9-21(10-8-19)26-17-5-12-24-13-15-25(16-14-24)20-6-4-11-23-18-20/h4,6-11,18H,5,12-17H2,1-3H3. The molecule has 1 aromatic carbocycles. The van der Waals surface area contributed by atoms with E-state index >= 15 is 0 Å². The van der Waals surface area contributed by atoms with Crippen LogP contribution in [0.15, 0.2) is 48.8 Å². The fourth-order valence-corrected chi connectivity index (χ4v) is 3.30. The predicted molar refractivity (Wildman–Crippen MR) is 108 cm³/mol. The van der Waals surface area contributed by atoms with Gasteiger partial charge in [-0.2, -0.15) is 0 Å². The molecule has 1 fully saturated rings. The molecule has 2 aromatic rings. The molecule has 140 valence electrons. The molecule has 1 aliphatic rings. The molecule has 2 heterocycles. The molecule has 0 atom stereocenters. The third-order valence-corrected chi connectivity index (χ3v) is 4.99. The molecular weight excluding hydrogens is 322 g/mol. The highest BCUT2D eigenvalue weighted by Crippen LogP contribution is 2.24. The maximum absolute atomic E-state index is 5.91. The summed E-state index contributed by atoms with van der Waals surface area (Å²) in [5.74, 6) is 0.972. The smallest absolute Gasteiger partial charge is 0.119 e. The number of pyridine rings is 1. The lowest BCUT2D eigenvalue weighted by Crippen LogP contribution is -2.46. The molecule has 1 aliphatic heterocycles. The quantitative estimate of drug-likeness (QED) is 0.735. The number of anilines is 1. The summed E-state index contributed by atoms with van der Waals surface area (Å²) in [7, 11) is 0. The molecule has 4 nitrogen and oxygen atoms in total. The van der Waals surface area contributed by atoms with Gasteiger partial charge in [0.2, 0.25) is 0 Å². The predicted octanol–water partition coefficient (Wildman–Crippen LogP) is 3.97. The number of nitrogens with zero attached hydrogens (tertiary/aromatic N) is 3. The molecule has 4 heteroatoms. The van der Waals surface area contributed by atoms with Gasteiger partial charge in [-0.1, -0.05) is 32.9 Å². The van der Waals surface area contributed by atoms with Crippen molar-refractivity contribution in [2.45, 2.75) is 32.6 Å². The van der Waals surface area contributed by atoms with Crippen molar-refractivity contribution in [2.75, 3.05) is 44.2 Å². The molecule has 0 aliphatic carbocycles. The summed E-state index contributed by atoms with van der Waals surface area (Å²) in [6.45, 7) is 12.9. The third-order valence-electron chi connectivity index (χ3n) is 4.99. The van der Waals surface area contributed by atoms with Gasteiger partial charge in [-0.25, -0.2) is 0 Å². The van der Waals surface area contributed by atoms with Crippen LogP contribution >= 0.6 is 0 Å². The van der Waals surface area contributed by atoms with Crippen LogP contribution in [0.25, 0.3) is 0 Å². The van der Waals surface area contributed by atoms with Crippen molar-refractivity contribution >= 4 is 5.69 Å². The van der Waals surface area contributed by atoms with E-state index in [1.807, 2.05) is 18.5 Å². The van der Waals surface area contributed by atoms with Gasteiger partial charge < -0.3 is 9.64 Å². The lowest BCUT2D eigenvalue weighted by molar-refractivity contribution is 0.224. The van der Waals surface area contributed by atoms with Crippen molar-refractivity contribution in [3.8, 4) is 5.75 Å². The monoisotopic (exact) mass is 353 g/mol. The molecule has 0 saturated carbocycles. The lowest BCUT2D eigenvalue weighted by atomic mass is 9.87. The highest BCUT2D eigenvalue weighted by molar-refractivity contribution is 5.44. The van der Waals surface area contributed by atoms with Crippen LogP contribution in [0.2, 0.25) is 0 Å². The van der Waals surface area contributed by atoms with Gasteiger partial charge in [0.25, 0.3) is 0 Å². The van der Waals surface area contributed by atoms with Gasteiger partial charge in [-0.05, 0) is 41.7 Å². The van der Waals surface area contributed by atoms with Crippen molar-refractivity contribution in [1.29, 1.82) is 0 Å². The maximum Gasteiger partial charge on any atom is 0.119 e. The number of aromatic nitrogens is 1. The summed E-state index contributed by atoms with van der Waals surface area (Å²) in [4.78, 5) is 9.16. The van der Waals surface area contributed by atoms with Gasteiger partial charge in [0.1, 0.15) is 5.75 Å². The highest BCUT2D eigenvalue weighted by Gasteiger charge is 2.17. The van der Waals surface area contributed by atoms with Crippen molar-refractivity contribution in [3.05, 3.63) is 54.4 Å². The summed E-state index contributed by atoms with van der Waals surface area (Å²) < 4.78 is 5.91. The molecule has 0 spiro atoms. The SMILES string of the molecule is CC(C)(C)c1ccc(OCCCN2CCN(c3cccnc3)CC2)cc1. The van der Waals surface area contributed by atoms with Gasteiger partial charge in [0, 0.05) is 38.9 Å². The van der Waals surface area contributed by atoms with E-state index in [4.69, 9.17) is 4.74 Å². The Balaban J connectivity index is 1.35. The van der Waals surface area contributed by atoms with E-state index < -0.39 is 0 Å². The highest BCUT2D eigenvalue weighted by atomic mass is 16.5. The van der Waals surface area contributed by atoms with Gasteiger partial charge in [-0.3, -0.25) is 9.88 Å². The van der Waals surface area contributed by atoms with E-state index in [1.54, 1.807) is 0 Å². The van der Waals surface area contributed by atoms with Crippen LogP contribution in [0.5, 0.6) is 5.75 Å². The van der Waals surface area contributed by atoms with E-state index in [9.17, 15) is 0 Å². The van der Waals surface area contributed by atoms with Crippen LogP contribution < -0.4 is 9.64 Å². The fourth-order valence-electron chi connectivity index (χ4n) is 3.30. The Kier molecular flexibility index (Phi) is 6.15. The topological polar surface area (TPSA) is 28.6 Å². The number of rotatable bonds is 6. The van der Waals surface area contributed by atoms with Gasteiger partial charge in [0.15, 0.2) is 0 Å². The number of ether oxygens (including phenoxy) is 1. The van der Waals surface area contributed by atoms with Crippen molar-refractivity contribution < 1.29 is 4.74 Å². The normalized spacial score (nSPS) is 15.9. The maximum atomic E-state index is 5.91. The first-order valence-electron chi connectivity index (χ1n) is 9.63. The Morgan fingerprint density at radius 3 is 2.35 bits per heavy atom. The summed E-state index contributed by atoms with van der Waals surface area (Å²) in [5.41, 5.74) is 2.77. The Bertz CT molecular complexity index is 656. The minimum Gasteiger partial charge on any atom is -0.494 e. The molecule has 0 N–H and O–H groups in total. The van der Waals surface area contributed by atoms with Crippen LogP contribution in [0, 0.1) is 0 Å². The summed E-state index contributed by atoms with van der Waals surface area (Å²) in [6.07, 6.45) is 4.85. The average molecular weight is 354 g/mol. The van der Waals surface area contributed by atoms with E-state index in [2.05, 4.69) is 65.9 Å². The summed E-state index contributed by atoms with van der Waals surface area (Å²) >= 11 is 0. The number of benzene rings is 1. The minimum absolute atomic E-state index is 0.191. The Labute approximate surface area is 157 Å². The molecule has 0 bridgehead atoms. The summed E-state index contributed by atoms with van der Waals surface area (Å²) in [5, 5.41) is 0. The van der Waals surface area contributed by atoms with E-state index in [-0.39, 0.29) is 5.41 Å². The first kappa shape index (κ1) is 18.7. The number of hydrogen-bond acceptors (Lipinski definition) is 4. The molecule has 3 rings (SSSR count). The van der Waals surface area contributed by atoms with E-state index in [0.717, 1.165) is 51.5 Å². The fraction of sp³-hybridized carbons (Fsp3) is 0.500. The molecule has 0 amide bonds. The summed E-state index contributed by atoms with van der Waals surface area (Å²) in [6, 6.07) is 12.7. The van der Waals surface area contributed by atoms with Crippen molar-refractivity contribution in [1.82, 2.24) is 9.88 Å². The second kappa shape index (κ2) is 8.54. The Morgan fingerprint density at radius 2 is 1.73 bits per heavy atom. The molecule has 1 aromatic heterocycles. The molecule has 0 radical (unpaired) electrons. The largest absolute Gasteiger partial charge is 0.494 e. The van der Waals surface area contributed by atoms with Crippen molar-refractivity contribution in [3.63, 3.8) is 0 Å². The Hall–Kier alpha value is -2.07. The lowest BCUT2D eigenvalue weighted by Gasteiger charge is -2.35. The number of piperazine rings is 1. The zero-order valence-electron chi connectivity index (χ0n) is 16.3. The molecule has 26 heavy (non-hydrogen) atoms. The zero-order chi connectivity index (χ0) is 18.4. The molecule has 0 unspecified atom stereocenters. The minimum atomic E-state index is 0.191. The van der Waals surface area contributed by atoms with Crippen LogP contribution in [0.3, 0.4) is 0 Å². The average Bonchev–Trinajstić information content (AvgIpc) is 2.66. The first-order valence-corrected chi connectivity index (χ1v) is 9.63. The second-order valence-corrected chi connectivity index (χ2v) is 8.02. The van der Waals surface area contributed by atoms with Crippen LogP contribution in [-0.4, -0.2) is 49.2 Å². The zero-order valence-corrected chi connectivity index (χ0v) is 16.3. The first-order chi connectivity index (χ1) is 12.5. The van der Waals surface area contributed by atoms with Crippen LogP contribution in [0.1, 0.15) is 32.8 Å².